The molecule has 1 nitrogen and oxygen atoms in total. The van der Waals surface area contributed by atoms with Gasteiger partial charge in [0.05, 0.1) is 0 Å². The molecule has 1 N–H and O–H groups in total. The number of benzene rings is 1. The molecule has 0 saturated heterocycles. The van der Waals surface area contributed by atoms with Crippen LogP contribution in [-0.4, -0.2) is 13.6 Å². The maximum atomic E-state index is 13.3. The second-order valence-corrected chi connectivity index (χ2v) is 3.24. The Morgan fingerprint density at radius 1 is 1.38 bits per heavy atom. The molecule has 0 aromatic heterocycles. The SMILES string of the molecule is CNCCCc1c(C)cccc1F. The molecule has 2 heteroatoms. The molecular formula is C11H16FN. The Morgan fingerprint density at radius 2 is 2.15 bits per heavy atom. The summed E-state index contributed by atoms with van der Waals surface area (Å²) >= 11 is 0. The highest BCUT2D eigenvalue weighted by molar-refractivity contribution is 5.27. The monoisotopic (exact) mass is 181 g/mol. The molecule has 0 bridgehead atoms. The minimum absolute atomic E-state index is 0.0731. The van der Waals surface area contributed by atoms with E-state index in [1.165, 1.54) is 6.07 Å². The van der Waals surface area contributed by atoms with Gasteiger partial charge in [-0.3, -0.25) is 0 Å². The third kappa shape index (κ3) is 2.81. The predicted molar refractivity (Wildman–Crippen MR) is 53.4 cm³/mol. The van der Waals surface area contributed by atoms with Gasteiger partial charge in [0.2, 0.25) is 0 Å². The molecule has 0 saturated carbocycles. The molecule has 0 aliphatic carbocycles. The van der Waals surface area contributed by atoms with Gasteiger partial charge in [-0.05, 0) is 50.6 Å². The zero-order valence-corrected chi connectivity index (χ0v) is 8.23. The highest BCUT2D eigenvalue weighted by atomic mass is 19.1. The number of rotatable bonds is 4. The second-order valence-electron chi connectivity index (χ2n) is 3.24. The minimum atomic E-state index is -0.0731. The Kier molecular flexibility index (Phi) is 3.90. The molecule has 1 aromatic carbocycles. The van der Waals surface area contributed by atoms with Crippen LogP contribution in [0.1, 0.15) is 17.5 Å². The lowest BCUT2D eigenvalue weighted by atomic mass is 10.0. The van der Waals surface area contributed by atoms with Gasteiger partial charge in [-0.25, -0.2) is 4.39 Å². The summed E-state index contributed by atoms with van der Waals surface area (Å²) in [5, 5.41) is 3.05. The van der Waals surface area contributed by atoms with Gasteiger partial charge in [-0.1, -0.05) is 12.1 Å². The molecule has 0 aliphatic heterocycles. The van der Waals surface area contributed by atoms with Crippen molar-refractivity contribution in [1.82, 2.24) is 5.32 Å². The first-order valence-corrected chi connectivity index (χ1v) is 4.64. The molecular weight excluding hydrogens is 165 g/mol. The lowest BCUT2D eigenvalue weighted by molar-refractivity contribution is 0.598. The van der Waals surface area contributed by atoms with Crippen molar-refractivity contribution in [3.63, 3.8) is 0 Å². The summed E-state index contributed by atoms with van der Waals surface area (Å²) in [6, 6.07) is 5.24. The first kappa shape index (κ1) is 10.2. The Labute approximate surface area is 79.0 Å². The molecule has 0 aliphatic rings. The molecule has 0 unspecified atom stereocenters. The summed E-state index contributed by atoms with van der Waals surface area (Å²) < 4.78 is 13.3. The number of hydrogen-bond acceptors (Lipinski definition) is 1. The molecule has 1 aromatic rings. The molecule has 13 heavy (non-hydrogen) atoms. The van der Waals surface area contributed by atoms with Gasteiger partial charge < -0.3 is 5.32 Å². The van der Waals surface area contributed by atoms with E-state index in [0.717, 1.165) is 30.5 Å². The molecule has 0 radical (unpaired) electrons. The van der Waals surface area contributed by atoms with E-state index >= 15 is 0 Å². The van der Waals surface area contributed by atoms with Crippen LogP contribution in [0.25, 0.3) is 0 Å². The molecule has 72 valence electrons. The van der Waals surface area contributed by atoms with Crippen molar-refractivity contribution < 1.29 is 4.39 Å². The van der Waals surface area contributed by atoms with Gasteiger partial charge in [-0.15, -0.1) is 0 Å². The molecule has 0 fully saturated rings. The normalized spacial score (nSPS) is 10.4. The molecule has 0 heterocycles. The zero-order chi connectivity index (χ0) is 9.68. The zero-order valence-electron chi connectivity index (χ0n) is 8.23. The fourth-order valence-corrected chi connectivity index (χ4v) is 1.42. The van der Waals surface area contributed by atoms with E-state index in [2.05, 4.69) is 5.32 Å². The topological polar surface area (TPSA) is 12.0 Å². The highest BCUT2D eigenvalue weighted by Gasteiger charge is 2.03. The highest BCUT2D eigenvalue weighted by Crippen LogP contribution is 2.14. The van der Waals surface area contributed by atoms with Crippen molar-refractivity contribution in [3.05, 3.63) is 35.1 Å². The van der Waals surface area contributed by atoms with E-state index in [4.69, 9.17) is 0 Å². The van der Waals surface area contributed by atoms with Crippen LogP contribution in [0.5, 0.6) is 0 Å². The first-order chi connectivity index (χ1) is 6.25. The van der Waals surface area contributed by atoms with Crippen LogP contribution in [0.3, 0.4) is 0 Å². The number of aryl methyl sites for hydroxylation is 1. The Balaban J connectivity index is 2.64. The van der Waals surface area contributed by atoms with Crippen molar-refractivity contribution in [2.45, 2.75) is 19.8 Å². The smallest absolute Gasteiger partial charge is 0.126 e. The van der Waals surface area contributed by atoms with E-state index in [0.29, 0.717) is 0 Å². The van der Waals surface area contributed by atoms with Crippen LogP contribution >= 0.6 is 0 Å². The van der Waals surface area contributed by atoms with Gasteiger partial charge in [0.1, 0.15) is 5.82 Å². The van der Waals surface area contributed by atoms with E-state index in [1.54, 1.807) is 6.07 Å². The van der Waals surface area contributed by atoms with Crippen LogP contribution < -0.4 is 5.32 Å². The lowest BCUT2D eigenvalue weighted by Crippen LogP contribution is -2.09. The molecule has 0 spiro atoms. The molecule has 0 atom stereocenters. The van der Waals surface area contributed by atoms with Gasteiger partial charge in [0.15, 0.2) is 0 Å². The van der Waals surface area contributed by atoms with Crippen molar-refractivity contribution >= 4 is 0 Å². The third-order valence-corrected chi connectivity index (χ3v) is 2.21. The summed E-state index contributed by atoms with van der Waals surface area (Å²) in [4.78, 5) is 0. The summed E-state index contributed by atoms with van der Waals surface area (Å²) in [7, 11) is 1.91. The number of hydrogen-bond donors (Lipinski definition) is 1. The fourth-order valence-electron chi connectivity index (χ4n) is 1.42. The maximum Gasteiger partial charge on any atom is 0.126 e. The van der Waals surface area contributed by atoms with E-state index in [9.17, 15) is 4.39 Å². The van der Waals surface area contributed by atoms with Crippen LogP contribution in [0.2, 0.25) is 0 Å². The van der Waals surface area contributed by atoms with E-state index in [-0.39, 0.29) is 5.82 Å². The van der Waals surface area contributed by atoms with Crippen LogP contribution in [0.15, 0.2) is 18.2 Å². The summed E-state index contributed by atoms with van der Waals surface area (Å²) in [6.45, 7) is 2.89. The fraction of sp³-hybridized carbons (Fsp3) is 0.455. The summed E-state index contributed by atoms with van der Waals surface area (Å²) in [5.74, 6) is -0.0731. The summed E-state index contributed by atoms with van der Waals surface area (Å²) in [5.41, 5.74) is 1.91. The van der Waals surface area contributed by atoms with Crippen molar-refractivity contribution in [1.29, 1.82) is 0 Å². The standard InChI is InChI=1S/C11H16FN/c1-9-5-3-7-11(12)10(9)6-4-8-13-2/h3,5,7,13H,4,6,8H2,1-2H3. The van der Waals surface area contributed by atoms with Crippen LogP contribution in [0.4, 0.5) is 4.39 Å². The Bertz CT molecular complexity index is 251. The van der Waals surface area contributed by atoms with Crippen molar-refractivity contribution in [3.8, 4) is 0 Å². The average Bonchev–Trinajstić information content (AvgIpc) is 2.10. The lowest BCUT2D eigenvalue weighted by Gasteiger charge is -2.06. The van der Waals surface area contributed by atoms with Crippen LogP contribution in [0, 0.1) is 12.7 Å². The van der Waals surface area contributed by atoms with Gasteiger partial charge in [0.25, 0.3) is 0 Å². The third-order valence-electron chi connectivity index (χ3n) is 2.21. The molecule has 1 rings (SSSR count). The summed E-state index contributed by atoms with van der Waals surface area (Å²) in [6.07, 6.45) is 1.80. The minimum Gasteiger partial charge on any atom is -0.320 e. The largest absolute Gasteiger partial charge is 0.320 e. The maximum absolute atomic E-state index is 13.3. The molecule has 0 amide bonds. The quantitative estimate of drug-likeness (QED) is 0.703. The van der Waals surface area contributed by atoms with E-state index in [1.807, 2.05) is 20.0 Å². The van der Waals surface area contributed by atoms with Crippen molar-refractivity contribution in [2.75, 3.05) is 13.6 Å². The van der Waals surface area contributed by atoms with Gasteiger partial charge >= 0.3 is 0 Å². The number of halogens is 1. The van der Waals surface area contributed by atoms with Crippen molar-refractivity contribution in [2.24, 2.45) is 0 Å². The predicted octanol–water partition coefficient (Wildman–Crippen LogP) is 2.29. The number of nitrogens with one attached hydrogen (secondary N) is 1. The van der Waals surface area contributed by atoms with Gasteiger partial charge in [0, 0.05) is 0 Å². The Morgan fingerprint density at radius 3 is 2.77 bits per heavy atom. The Hall–Kier alpha value is -0.890. The second kappa shape index (κ2) is 4.97. The van der Waals surface area contributed by atoms with Crippen LogP contribution in [-0.2, 0) is 6.42 Å². The van der Waals surface area contributed by atoms with E-state index < -0.39 is 0 Å². The average molecular weight is 181 g/mol. The first-order valence-electron chi connectivity index (χ1n) is 4.64. The van der Waals surface area contributed by atoms with Gasteiger partial charge in [-0.2, -0.15) is 0 Å².